The zero-order valence-electron chi connectivity index (χ0n) is 11.7. The van der Waals surface area contributed by atoms with Gasteiger partial charge in [0.15, 0.2) is 0 Å². The smallest absolute Gasteiger partial charge is 0.254 e. The summed E-state index contributed by atoms with van der Waals surface area (Å²) in [5, 5.41) is 3.95. The summed E-state index contributed by atoms with van der Waals surface area (Å²) in [5.74, 6) is 1.27. The highest BCUT2D eigenvalue weighted by Crippen LogP contribution is 2.27. The highest BCUT2D eigenvalue weighted by molar-refractivity contribution is 7.99. The predicted octanol–water partition coefficient (Wildman–Crippen LogP) is 3.04. The molecule has 3 rings (SSSR count). The third-order valence-corrected chi connectivity index (χ3v) is 4.99. The molecule has 0 bridgehead atoms. The van der Waals surface area contributed by atoms with Crippen molar-refractivity contribution in [2.45, 2.75) is 25.0 Å². The topological polar surface area (TPSA) is 32.3 Å². The minimum Gasteiger partial charge on any atom is -0.385 e. The van der Waals surface area contributed by atoms with Crippen LogP contribution in [0.2, 0.25) is 0 Å². The summed E-state index contributed by atoms with van der Waals surface area (Å²) in [7, 11) is 0. The number of anilines is 1. The molecule has 1 N–H and O–H groups in total. The van der Waals surface area contributed by atoms with Gasteiger partial charge in [-0.1, -0.05) is 13.0 Å². The number of fused-ring (bicyclic) bond motifs is 1. The molecule has 5 heteroatoms. The van der Waals surface area contributed by atoms with Crippen LogP contribution in [0.15, 0.2) is 18.2 Å². The molecule has 1 amide bonds. The lowest BCUT2D eigenvalue weighted by molar-refractivity contribution is 0.0762. The maximum absolute atomic E-state index is 12.7. The van der Waals surface area contributed by atoms with Crippen molar-refractivity contribution in [1.29, 1.82) is 0 Å². The first-order valence-corrected chi connectivity index (χ1v) is 8.07. The van der Waals surface area contributed by atoms with Crippen molar-refractivity contribution in [2.75, 3.05) is 30.7 Å². The van der Waals surface area contributed by atoms with Gasteiger partial charge in [0.1, 0.15) is 0 Å². The maximum atomic E-state index is 12.7. The van der Waals surface area contributed by atoms with Crippen LogP contribution in [0, 0.1) is 0 Å². The lowest BCUT2D eigenvalue weighted by Crippen LogP contribution is -2.41. The van der Waals surface area contributed by atoms with Crippen LogP contribution < -0.4 is 5.32 Å². The van der Waals surface area contributed by atoms with E-state index in [1.807, 2.05) is 28.8 Å². The number of thioether (sulfide) groups is 1. The Bertz CT molecular complexity index is 495. The van der Waals surface area contributed by atoms with E-state index in [1.165, 1.54) is 5.56 Å². The molecule has 0 spiro atoms. The van der Waals surface area contributed by atoms with Crippen LogP contribution in [-0.4, -0.2) is 41.4 Å². The van der Waals surface area contributed by atoms with Gasteiger partial charge in [0, 0.05) is 41.9 Å². The monoisotopic (exact) mass is 312 g/mol. The first kappa shape index (κ1) is 15.5. The van der Waals surface area contributed by atoms with Gasteiger partial charge in [-0.05, 0) is 30.5 Å². The second-order valence-electron chi connectivity index (χ2n) is 5.29. The molecule has 0 aliphatic carbocycles. The van der Waals surface area contributed by atoms with Gasteiger partial charge in [0.25, 0.3) is 5.91 Å². The van der Waals surface area contributed by atoms with E-state index in [-0.39, 0.29) is 18.3 Å². The fourth-order valence-electron chi connectivity index (χ4n) is 2.88. The Kier molecular flexibility index (Phi) is 5.22. The van der Waals surface area contributed by atoms with Crippen molar-refractivity contribution in [3.8, 4) is 0 Å². The summed E-state index contributed by atoms with van der Waals surface area (Å²) in [4.78, 5) is 14.7. The summed E-state index contributed by atoms with van der Waals surface area (Å²) >= 11 is 1.96. The van der Waals surface area contributed by atoms with Crippen LogP contribution in [0.25, 0.3) is 0 Å². The van der Waals surface area contributed by atoms with Crippen LogP contribution in [0.1, 0.15) is 29.3 Å². The van der Waals surface area contributed by atoms with Crippen LogP contribution in [-0.2, 0) is 6.42 Å². The van der Waals surface area contributed by atoms with E-state index in [1.54, 1.807) is 0 Å². The van der Waals surface area contributed by atoms with Crippen LogP contribution >= 0.6 is 24.2 Å². The van der Waals surface area contributed by atoms with Crippen molar-refractivity contribution in [3.63, 3.8) is 0 Å². The molecule has 0 aromatic heterocycles. The summed E-state index contributed by atoms with van der Waals surface area (Å²) in [6.45, 7) is 4.97. The molecule has 1 atom stereocenters. The van der Waals surface area contributed by atoms with Crippen molar-refractivity contribution in [2.24, 2.45) is 0 Å². The normalized spacial score (nSPS) is 21.4. The predicted molar refractivity (Wildman–Crippen MR) is 88.3 cm³/mol. The van der Waals surface area contributed by atoms with Gasteiger partial charge in [0.05, 0.1) is 0 Å². The zero-order chi connectivity index (χ0) is 13.2. The fraction of sp³-hybridized carbons (Fsp3) is 0.533. The molecule has 1 fully saturated rings. The van der Waals surface area contributed by atoms with Gasteiger partial charge in [-0.2, -0.15) is 11.8 Å². The number of hydrogen-bond acceptors (Lipinski definition) is 3. The summed E-state index contributed by atoms with van der Waals surface area (Å²) in [6, 6.07) is 6.06. The van der Waals surface area contributed by atoms with Gasteiger partial charge in [-0.3, -0.25) is 4.79 Å². The number of carbonyl (C=O) groups excluding carboxylic acids is 1. The molecule has 2 heterocycles. The Labute approximate surface area is 130 Å². The lowest BCUT2D eigenvalue weighted by atomic mass is 9.96. The highest BCUT2D eigenvalue weighted by atomic mass is 35.5. The molecular weight excluding hydrogens is 292 g/mol. The fourth-order valence-corrected chi connectivity index (χ4v) is 3.90. The minimum atomic E-state index is 0. The molecule has 1 aromatic rings. The standard InChI is InChI=1S/C15H20N2OS.ClH/c1-11-10-17(8-9-19-11)15(18)13-4-2-6-14-12(13)5-3-7-16-14;/h2,4,6,11,16H,3,5,7-10H2,1H3;1H. The Balaban J connectivity index is 0.00000147. The molecule has 1 saturated heterocycles. The molecule has 2 aliphatic heterocycles. The molecule has 110 valence electrons. The van der Waals surface area contributed by atoms with Crippen molar-refractivity contribution >= 4 is 35.8 Å². The molecule has 2 aliphatic rings. The Hall–Kier alpha value is -0.870. The zero-order valence-corrected chi connectivity index (χ0v) is 13.4. The van der Waals surface area contributed by atoms with Gasteiger partial charge >= 0.3 is 0 Å². The van der Waals surface area contributed by atoms with E-state index in [2.05, 4.69) is 18.3 Å². The van der Waals surface area contributed by atoms with Gasteiger partial charge in [0.2, 0.25) is 0 Å². The lowest BCUT2D eigenvalue weighted by Gasteiger charge is -2.32. The van der Waals surface area contributed by atoms with E-state index >= 15 is 0 Å². The Morgan fingerprint density at radius 1 is 1.45 bits per heavy atom. The first-order chi connectivity index (χ1) is 9.25. The number of halogens is 1. The number of hydrogen-bond donors (Lipinski definition) is 1. The third-order valence-electron chi connectivity index (χ3n) is 3.85. The van der Waals surface area contributed by atoms with Gasteiger partial charge in [-0.25, -0.2) is 0 Å². The summed E-state index contributed by atoms with van der Waals surface area (Å²) < 4.78 is 0. The van der Waals surface area contributed by atoms with E-state index in [9.17, 15) is 4.79 Å². The number of benzene rings is 1. The largest absolute Gasteiger partial charge is 0.385 e. The molecular formula is C15H21ClN2OS. The van der Waals surface area contributed by atoms with Crippen molar-refractivity contribution in [3.05, 3.63) is 29.3 Å². The van der Waals surface area contributed by atoms with E-state index in [0.29, 0.717) is 5.25 Å². The molecule has 3 nitrogen and oxygen atoms in total. The van der Waals surface area contributed by atoms with E-state index in [0.717, 1.165) is 49.5 Å². The number of nitrogens with one attached hydrogen (secondary N) is 1. The second-order valence-corrected chi connectivity index (χ2v) is 6.84. The maximum Gasteiger partial charge on any atom is 0.254 e. The SMILES string of the molecule is CC1CN(C(=O)c2cccc3c2CCCN3)CCS1.Cl. The summed E-state index contributed by atoms with van der Waals surface area (Å²) in [5.41, 5.74) is 3.27. The highest BCUT2D eigenvalue weighted by Gasteiger charge is 2.25. The quantitative estimate of drug-likeness (QED) is 0.865. The van der Waals surface area contributed by atoms with Crippen LogP contribution in [0.3, 0.4) is 0 Å². The van der Waals surface area contributed by atoms with E-state index in [4.69, 9.17) is 0 Å². The average Bonchev–Trinajstić information content (AvgIpc) is 2.46. The molecule has 1 aromatic carbocycles. The molecule has 0 radical (unpaired) electrons. The van der Waals surface area contributed by atoms with E-state index < -0.39 is 0 Å². The van der Waals surface area contributed by atoms with Crippen LogP contribution in [0.4, 0.5) is 5.69 Å². The van der Waals surface area contributed by atoms with Crippen molar-refractivity contribution < 1.29 is 4.79 Å². The Morgan fingerprint density at radius 2 is 2.30 bits per heavy atom. The molecule has 1 unspecified atom stereocenters. The first-order valence-electron chi connectivity index (χ1n) is 7.02. The average molecular weight is 313 g/mol. The number of nitrogens with zero attached hydrogens (tertiary/aromatic N) is 1. The summed E-state index contributed by atoms with van der Waals surface area (Å²) in [6.07, 6.45) is 2.13. The molecule has 20 heavy (non-hydrogen) atoms. The van der Waals surface area contributed by atoms with Gasteiger partial charge in [-0.15, -0.1) is 12.4 Å². The number of carbonyl (C=O) groups is 1. The van der Waals surface area contributed by atoms with Crippen LogP contribution in [0.5, 0.6) is 0 Å². The second kappa shape index (κ2) is 6.72. The Morgan fingerprint density at radius 3 is 3.10 bits per heavy atom. The van der Waals surface area contributed by atoms with Gasteiger partial charge < -0.3 is 10.2 Å². The number of rotatable bonds is 1. The van der Waals surface area contributed by atoms with Crippen molar-refractivity contribution in [1.82, 2.24) is 4.90 Å². The molecule has 0 saturated carbocycles. The number of amides is 1. The third kappa shape index (κ3) is 3.07. The minimum absolute atomic E-state index is 0.